The Labute approximate surface area is 309 Å². The van der Waals surface area contributed by atoms with Gasteiger partial charge in [0, 0.05) is 28.4 Å². The lowest BCUT2D eigenvalue weighted by atomic mass is 10.00. The Balaban J connectivity index is 1.31. The van der Waals surface area contributed by atoms with Gasteiger partial charge in [-0.2, -0.15) is 0 Å². The SMILES string of the molecule is CCCCCCCCOc1ccc(-c2ccc3c(c2)c2cc(-c4ccc(OCCCCCCCC)cc4)ccc2n3CCCCCCCC)cc1. The normalized spacial score (nSPS) is 11.5. The summed E-state index contributed by atoms with van der Waals surface area (Å²) in [5.41, 5.74) is 7.62. The number of fused-ring (bicyclic) bond motifs is 3. The molecule has 0 aliphatic rings. The van der Waals surface area contributed by atoms with E-state index in [-0.39, 0.29) is 0 Å². The largest absolute Gasteiger partial charge is 0.494 e. The van der Waals surface area contributed by atoms with Crippen molar-refractivity contribution in [3.63, 3.8) is 0 Å². The Morgan fingerprint density at radius 3 is 1.14 bits per heavy atom. The van der Waals surface area contributed by atoms with Crippen LogP contribution >= 0.6 is 0 Å². The van der Waals surface area contributed by atoms with Gasteiger partial charge in [0.2, 0.25) is 0 Å². The number of hydrogen-bond donors (Lipinski definition) is 0. The van der Waals surface area contributed by atoms with Crippen molar-refractivity contribution in [1.29, 1.82) is 0 Å². The first-order chi connectivity index (χ1) is 25.2. The van der Waals surface area contributed by atoms with Crippen molar-refractivity contribution >= 4 is 21.8 Å². The van der Waals surface area contributed by atoms with Crippen molar-refractivity contribution in [3.8, 4) is 33.8 Å². The van der Waals surface area contributed by atoms with Crippen molar-refractivity contribution < 1.29 is 9.47 Å². The fraction of sp³-hybridized carbons (Fsp3) is 0.500. The number of benzene rings is 4. The van der Waals surface area contributed by atoms with Gasteiger partial charge in [0.25, 0.3) is 0 Å². The predicted octanol–water partition coefficient (Wildman–Crippen LogP) is 15.0. The molecule has 0 N–H and O–H groups in total. The molecule has 0 fully saturated rings. The zero-order chi connectivity index (χ0) is 35.5. The fourth-order valence-electron chi connectivity index (χ4n) is 7.39. The van der Waals surface area contributed by atoms with Crippen LogP contribution in [0.25, 0.3) is 44.1 Å². The van der Waals surface area contributed by atoms with Crippen LogP contribution in [0.4, 0.5) is 0 Å². The highest BCUT2D eigenvalue weighted by Gasteiger charge is 2.14. The first kappa shape index (κ1) is 38.5. The molecule has 3 heteroatoms. The smallest absolute Gasteiger partial charge is 0.119 e. The van der Waals surface area contributed by atoms with Crippen molar-refractivity contribution in [1.82, 2.24) is 4.57 Å². The van der Waals surface area contributed by atoms with Crippen molar-refractivity contribution in [2.75, 3.05) is 13.2 Å². The molecule has 0 aliphatic carbocycles. The van der Waals surface area contributed by atoms with Crippen LogP contribution in [0.15, 0.2) is 84.9 Å². The van der Waals surface area contributed by atoms with Gasteiger partial charge >= 0.3 is 0 Å². The van der Waals surface area contributed by atoms with Crippen LogP contribution in [0.2, 0.25) is 0 Å². The number of ether oxygens (including phenoxy) is 2. The summed E-state index contributed by atoms with van der Waals surface area (Å²) in [5, 5.41) is 2.66. The molecule has 4 aromatic carbocycles. The van der Waals surface area contributed by atoms with E-state index in [0.29, 0.717) is 0 Å². The van der Waals surface area contributed by atoms with Gasteiger partial charge in [-0.1, -0.05) is 153 Å². The maximum Gasteiger partial charge on any atom is 0.119 e. The molecule has 1 aromatic heterocycles. The van der Waals surface area contributed by atoms with E-state index in [9.17, 15) is 0 Å². The Hall–Kier alpha value is -3.72. The number of rotatable bonds is 25. The molecular weight excluding hydrogens is 623 g/mol. The lowest BCUT2D eigenvalue weighted by molar-refractivity contribution is 0.304. The molecular formula is C48H65NO2. The van der Waals surface area contributed by atoms with Gasteiger partial charge in [0.1, 0.15) is 11.5 Å². The van der Waals surface area contributed by atoms with Crippen LogP contribution in [0.3, 0.4) is 0 Å². The van der Waals surface area contributed by atoms with E-state index in [2.05, 4.69) is 110 Å². The first-order valence-electron chi connectivity index (χ1n) is 20.7. The highest BCUT2D eigenvalue weighted by molar-refractivity contribution is 6.10. The van der Waals surface area contributed by atoms with E-state index < -0.39 is 0 Å². The van der Waals surface area contributed by atoms with E-state index in [1.165, 1.54) is 147 Å². The van der Waals surface area contributed by atoms with E-state index >= 15 is 0 Å². The van der Waals surface area contributed by atoms with E-state index in [4.69, 9.17) is 9.47 Å². The minimum Gasteiger partial charge on any atom is -0.494 e. The van der Waals surface area contributed by atoms with Gasteiger partial charge in [0.15, 0.2) is 0 Å². The molecule has 0 saturated heterocycles. The monoisotopic (exact) mass is 688 g/mol. The summed E-state index contributed by atoms with van der Waals surface area (Å²) in [7, 11) is 0. The third kappa shape index (κ3) is 11.6. The highest BCUT2D eigenvalue weighted by Crippen LogP contribution is 2.36. The number of hydrogen-bond acceptors (Lipinski definition) is 2. The summed E-state index contributed by atoms with van der Waals surface area (Å²) >= 11 is 0. The second-order valence-electron chi connectivity index (χ2n) is 14.7. The van der Waals surface area contributed by atoms with Gasteiger partial charge in [-0.05, 0) is 90.0 Å². The average Bonchev–Trinajstić information content (AvgIpc) is 3.48. The first-order valence-corrected chi connectivity index (χ1v) is 20.7. The zero-order valence-corrected chi connectivity index (χ0v) is 32.2. The molecule has 5 rings (SSSR count). The zero-order valence-electron chi connectivity index (χ0n) is 32.2. The molecule has 0 amide bonds. The van der Waals surface area contributed by atoms with Crippen molar-refractivity contribution in [2.24, 2.45) is 0 Å². The highest BCUT2D eigenvalue weighted by atomic mass is 16.5. The third-order valence-corrected chi connectivity index (χ3v) is 10.5. The van der Waals surface area contributed by atoms with Crippen LogP contribution < -0.4 is 9.47 Å². The third-order valence-electron chi connectivity index (χ3n) is 10.5. The summed E-state index contributed by atoms with van der Waals surface area (Å²) in [6.45, 7) is 9.48. The minimum atomic E-state index is 0.798. The number of aromatic nitrogens is 1. The summed E-state index contributed by atoms with van der Waals surface area (Å²) in [6.07, 6.45) is 23.2. The van der Waals surface area contributed by atoms with Crippen molar-refractivity contribution in [3.05, 3.63) is 84.9 Å². The van der Waals surface area contributed by atoms with E-state index in [1.54, 1.807) is 0 Å². The molecule has 0 radical (unpaired) electrons. The van der Waals surface area contributed by atoms with Gasteiger partial charge in [0.05, 0.1) is 13.2 Å². The van der Waals surface area contributed by atoms with Crippen LogP contribution in [-0.4, -0.2) is 17.8 Å². The van der Waals surface area contributed by atoms with E-state index in [1.807, 2.05) is 0 Å². The molecule has 0 aliphatic heterocycles. The Kier molecular flexibility index (Phi) is 16.3. The number of nitrogens with zero attached hydrogens (tertiary/aromatic N) is 1. The maximum absolute atomic E-state index is 6.09. The van der Waals surface area contributed by atoms with Gasteiger partial charge < -0.3 is 14.0 Å². The van der Waals surface area contributed by atoms with Crippen LogP contribution in [0.1, 0.15) is 136 Å². The average molecular weight is 688 g/mol. The molecule has 274 valence electrons. The molecule has 0 atom stereocenters. The molecule has 0 unspecified atom stereocenters. The molecule has 3 nitrogen and oxygen atoms in total. The molecule has 0 spiro atoms. The Morgan fingerprint density at radius 2 is 0.725 bits per heavy atom. The number of unbranched alkanes of at least 4 members (excludes halogenated alkanes) is 15. The van der Waals surface area contributed by atoms with E-state index in [0.717, 1.165) is 44.1 Å². The van der Waals surface area contributed by atoms with Crippen LogP contribution in [0, 0.1) is 0 Å². The standard InChI is InChI=1S/C48H65NO2/c1-4-7-10-13-16-19-34-49-47-32-26-41(39-22-28-43(29-23-39)50-35-20-17-14-11-8-5-2)37-45(47)46-38-42(27-33-48(46)49)40-24-30-44(31-25-40)51-36-21-18-15-12-9-6-3/h22-33,37-38H,4-21,34-36H2,1-3H3. The summed E-state index contributed by atoms with van der Waals surface area (Å²) in [4.78, 5) is 0. The van der Waals surface area contributed by atoms with Crippen LogP contribution in [0.5, 0.6) is 11.5 Å². The van der Waals surface area contributed by atoms with Crippen molar-refractivity contribution in [2.45, 2.75) is 143 Å². The molecule has 5 aromatic rings. The molecule has 51 heavy (non-hydrogen) atoms. The van der Waals surface area contributed by atoms with Gasteiger partial charge in [-0.25, -0.2) is 0 Å². The van der Waals surface area contributed by atoms with Gasteiger partial charge in [-0.3, -0.25) is 0 Å². The van der Waals surface area contributed by atoms with Crippen LogP contribution in [-0.2, 0) is 6.54 Å². The second-order valence-corrected chi connectivity index (χ2v) is 14.7. The quantitative estimate of drug-likeness (QED) is 0.0570. The second kappa shape index (κ2) is 21.6. The lowest BCUT2D eigenvalue weighted by Gasteiger charge is -2.10. The summed E-state index contributed by atoms with van der Waals surface area (Å²) in [5.74, 6) is 1.93. The Morgan fingerprint density at radius 1 is 0.373 bits per heavy atom. The summed E-state index contributed by atoms with van der Waals surface area (Å²) in [6, 6.07) is 31.5. The Bertz CT molecular complexity index is 1580. The molecule has 1 heterocycles. The fourth-order valence-corrected chi connectivity index (χ4v) is 7.39. The van der Waals surface area contributed by atoms with Gasteiger partial charge in [-0.15, -0.1) is 0 Å². The molecule has 0 bridgehead atoms. The summed E-state index contributed by atoms with van der Waals surface area (Å²) < 4.78 is 14.8. The number of aryl methyl sites for hydroxylation is 1. The minimum absolute atomic E-state index is 0.798. The topological polar surface area (TPSA) is 23.4 Å². The molecule has 0 saturated carbocycles. The lowest BCUT2D eigenvalue weighted by Crippen LogP contribution is -1.98. The predicted molar refractivity (Wildman–Crippen MR) is 221 cm³/mol. The maximum atomic E-state index is 6.09.